The molecule has 10 heteroatoms. The Morgan fingerprint density at radius 1 is 1.29 bits per heavy atom. The lowest BCUT2D eigenvalue weighted by molar-refractivity contribution is -0.133. The molecule has 0 fully saturated rings. The number of hydrogen-bond donors (Lipinski definition) is 2. The molecule has 3 heterocycles. The number of aliphatic hydroxyl groups excluding tert-OH is 1. The van der Waals surface area contributed by atoms with Gasteiger partial charge in [0.15, 0.2) is 0 Å². The number of carbonyl (C=O) groups is 1. The Labute approximate surface area is 167 Å². The number of H-pyrrole nitrogens is 1. The van der Waals surface area contributed by atoms with Crippen LogP contribution in [0.15, 0.2) is 57.2 Å². The summed E-state index contributed by atoms with van der Waals surface area (Å²) in [6.07, 6.45) is 0. The Kier molecular flexibility index (Phi) is 5.13. The van der Waals surface area contributed by atoms with Crippen LogP contribution < -0.4 is 0 Å². The molecule has 8 nitrogen and oxygen atoms in total. The highest BCUT2D eigenvalue weighted by Gasteiger charge is 2.23. The highest BCUT2D eigenvalue weighted by molar-refractivity contribution is 7.99. The largest absolute Gasteiger partial charge is 0.510 e. The Hall–Kier alpha value is -3.11. The quantitative estimate of drug-likeness (QED) is 0.211. The Morgan fingerprint density at radius 3 is 2.89 bits per heavy atom. The maximum Gasteiger partial charge on any atom is 0.345 e. The van der Waals surface area contributed by atoms with Gasteiger partial charge in [-0.15, -0.1) is 21.5 Å². The highest BCUT2D eigenvalue weighted by Crippen LogP contribution is 2.28. The van der Waals surface area contributed by atoms with Gasteiger partial charge in [-0.2, -0.15) is 0 Å². The van der Waals surface area contributed by atoms with Crippen molar-refractivity contribution in [3.8, 4) is 10.8 Å². The van der Waals surface area contributed by atoms with Crippen molar-refractivity contribution in [2.45, 2.75) is 5.22 Å². The van der Waals surface area contributed by atoms with E-state index in [0.29, 0.717) is 11.4 Å². The number of thiophene rings is 1. The van der Waals surface area contributed by atoms with E-state index in [1.165, 1.54) is 18.4 Å². The molecule has 28 heavy (non-hydrogen) atoms. The van der Waals surface area contributed by atoms with Gasteiger partial charge in [-0.1, -0.05) is 30.0 Å². The molecule has 0 spiro atoms. The number of nitrogens with one attached hydrogen (secondary N) is 1. The number of aromatic amines is 1. The van der Waals surface area contributed by atoms with Crippen molar-refractivity contribution in [2.75, 3.05) is 12.9 Å². The number of thioether (sulfide) groups is 1. The van der Waals surface area contributed by atoms with E-state index >= 15 is 0 Å². The number of esters is 1. The molecule has 0 bridgehead atoms. The van der Waals surface area contributed by atoms with Gasteiger partial charge in [0, 0.05) is 0 Å². The van der Waals surface area contributed by atoms with Crippen LogP contribution in [0.2, 0.25) is 0 Å². The average molecular weight is 414 g/mol. The number of carbonyl (C=O) groups excluding carboxylic acids is 1. The van der Waals surface area contributed by atoms with E-state index in [4.69, 9.17) is 9.15 Å². The summed E-state index contributed by atoms with van der Waals surface area (Å²) in [5, 5.41) is 20.7. The first kappa shape index (κ1) is 18.3. The monoisotopic (exact) mass is 414 g/mol. The number of aromatic nitrogens is 4. The van der Waals surface area contributed by atoms with Crippen LogP contribution in [0.4, 0.5) is 0 Å². The number of fused-ring (bicyclic) bond motifs is 1. The number of hydrogen-bond acceptors (Lipinski definition) is 9. The van der Waals surface area contributed by atoms with Gasteiger partial charge in [-0.25, -0.2) is 9.78 Å². The summed E-state index contributed by atoms with van der Waals surface area (Å²) in [5.41, 5.74) is 1.39. The van der Waals surface area contributed by atoms with E-state index in [2.05, 4.69) is 20.2 Å². The summed E-state index contributed by atoms with van der Waals surface area (Å²) < 4.78 is 10.4. The minimum atomic E-state index is -0.693. The van der Waals surface area contributed by atoms with Crippen LogP contribution in [-0.4, -0.2) is 44.1 Å². The van der Waals surface area contributed by atoms with Crippen LogP contribution in [0.1, 0.15) is 5.82 Å². The van der Waals surface area contributed by atoms with Gasteiger partial charge in [-0.05, 0) is 23.6 Å². The third-order valence-corrected chi connectivity index (χ3v) is 5.46. The zero-order valence-corrected chi connectivity index (χ0v) is 16.2. The van der Waals surface area contributed by atoms with Crippen LogP contribution in [-0.2, 0) is 9.53 Å². The number of ether oxygens (including phenoxy) is 1. The van der Waals surface area contributed by atoms with Gasteiger partial charge in [0.05, 0.1) is 28.8 Å². The van der Waals surface area contributed by atoms with Crippen LogP contribution in [0.3, 0.4) is 0 Å². The van der Waals surface area contributed by atoms with Crippen LogP contribution in [0.25, 0.3) is 27.4 Å². The lowest BCUT2D eigenvalue weighted by Gasteiger charge is -2.06. The molecular formula is C18H14N4O4S2. The normalized spacial score (nSPS) is 12.2. The van der Waals surface area contributed by atoms with Crippen molar-refractivity contribution < 1.29 is 19.1 Å². The van der Waals surface area contributed by atoms with Crippen molar-refractivity contribution in [3.05, 3.63) is 53.4 Å². The minimum absolute atomic E-state index is 0.0353. The first-order valence-electron chi connectivity index (χ1n) is 8.11. The predicted octanol–water partition coefficient (Wildman–Crippen LogP) is 3.91. The molecule has 0 aliphatic rings. The van der Waals surface area contributed by atoms with Crippen molar-refractivity contribution in [1.82, 2.24) is 20.2 Å². The standard InChI is InChI=1S/C18H14N4O4S2/c1-25-17(24)14(15-19-10-5-2-3-6-11(10)20-15)12(23)9-28-18-22-21-16(26-18)13-7-4-8-27-13/h2-8,23H,9H2,1H3,(H,19,20)/b14-12+. The fourth-order valence-electron chi connectivity index (χ4n) is 2.49. The first-order valence-corrected chi connectivity index (χ1v) is 9.98. The maximum atomic E-state index is 12.2. The smallest absolute Gasteiger partial charge is 0.345 e. The van der Waals surface area contributed by atoms with Crippen LogP contribution >= 0.6 is 23.1 Å². The second-order valence-corrected chi connectivity index (χ2v) is 7.43. The topological polar surface area (TPSA) is 114 Å². The lowest BCUT2D eigenvalue weighted by atomic mass is 10.2. The van der Waals surface area contributed by atoms with E-state index in [1.807, 2.05) is 35.7 Å². The molecule has 0 saturated carbocycles. The molecular weight excluding hydrogens is 400 g/mol. The number of aliphatic hydroxyl groups is 1. The van der Waals surface area contributed by atoms with E-state index in [9.17, 15) is 9.90 Å². The van der Waals surface area contributed by atoms with Crippen LogP contribution in [0, 0.1) is 0 Å². The summed E-state index contributed by atoms with van der Waals surface area (Å²) in [6, 6.07) is 11.1. The maximum absolute atomic E-state index is 12.2. The van der Waals surface area contributed by atoms with E-state index in [0.717, 1.165) is 22.2 Å². The zero-order chi connectivity index (χ0) is 19.5. The molecule has 0 aliphatic heterocycles. The number of rotatable bonds is 6. The number of imidazole rings is 1. The van der Waals surface area contributed by atoms with E-state index in [-0.39, 0.29) is 28.1 Å². The summed E-state index contributed by atoms with van der Waals surface area (Å²) in [7, 11) is 1.25. The molecule has 142 valence electrons. The molecule has 0 radical (unpaired) electrons. The third-order valence-electron chi connectivity index (χ3n) is 3.78. The molecule has 0 unspecified atom stereocenters. The van der Waals surface area contributed by atoms with Crippen molar-refractivity contribution in [1.29, 1.82) is 0 Å². The number of nitrogens with zero attached hydrogens (tertiary/aromatic N) is 3. The molecule has 0 amide bonds. The van der Waals surface area contributed by atoms with Crippen molar-refractivity contribution in [2.24, 2.45) is 0 Å². The number of benzene rings is 1. The Balaban J connectivity index is 1.59. The minimum Gasteiger partial charge on any atom is -0.510 e. The molecule has 4 aromatic rings. The molecule has 0 saturated heterocycles. The summed E-state index contributed by atoms with van der Waals surface area (Å²) in [4.78, 5) is 20.5. The fourth-order valence-corrected chi connectivity index (χ4v) is 3.78. The average Bonchev–Trinajstić information content (AvgIpc) is 3.45. The zero-order valence-electron chi connectivity index (χ0n) is 14.6. The Bertz CT molecular complexity index is 1110. The van der Waals surface area contributed by atoms with Gasteiger partial charge in [-0.3, -0.25) is 0 Å². The molecule has 4 rings (SSSR count). The number of para-hydroxylation sites is 2. The van der Waals surface area contributed by atoms with Gasteiger partial charge < -0.3 is 19.2 Å². The van der Waals surface area contributed by atoms with Gasteiger partial charge >= 0.3 is 5.97 Å². The highest BCUT2D eigenvalue weighted by atomic mass is 32.2. The second-order valence-electron chi connectivity index (χ2n) is 5.55. The molecule has 2 N–H and O–H groups in total. The van der Waals surface area contributed by atoms with Crippen LogP contribution in [0.5, 0.6) is 0 Å². The fraction of sp³-hybridized carbons (Fsp3) is 0.111. The second kappa shape index (κ2) is 7.87. The van der Waals surface area contributed by atoms with Gasteiger partial charge in [0.2, 0.25) is 0 Å². The Morgan fingerprint density at radius 2 is 2.14 bits per heavy atom. The third kappa shape index (κ3) is 3.64. The summed E-state index contributed by atoms with van der Waals surface area (Å²) in [6.45, 7) is 0. The molecule has 0 atom stereocenters. The molecule has 0 aliphatic carbocycles. The van der Waals surface area contributed by atoms with Crippen molar-refractivity contribution in [3.63, 3.8) is 0 Å². The van der Waals surface area contributed by atoms with Gasteiger partial charge in [0.25, 0.3) is 11.1 Å². The molecule has 1 aromatic carbocycles. The number of methoxy groups -OCH3 is 1. The first-order chi connectivity index (χ1) is 13.7. The summed E-state index contributed by atoms with van der Waals surface area (Å²) >= 11 is 2.60. The van der Waals surface area contributed by atoms with E-state index < -0.39 is 5.97 Å². The van der Waals surface area contributed by atoms with Crippen molar-refractivity contribution >= 4 is 45.7 Å². The van der Waals surface area contributed by atoms with Gasteiger partial charge in [0.1, 0.15) is 17.2 Å². The summed E-state index contributed by atoms with van der Waals surface area (Å²) in [5.74, 6) is -0.218. The lowest BCUT2D eigenvalue weighted by Crippen LogP contribution is -2.09. The predicted molar refractivity (Wildman–Crippen MR) is 106 cm³/mol. The van der Waals surface area contributed by atoms with E-state index in [1.54, 1.807) is 6.07 Å². The SMILES string of the molecule is COC(=O)/C(=C(/O)CSc1nnc(-c2cccs2)o1)c1nc2ccccc2[nH]1. The molecule has 3 aromatic heterocycles.